The summed E-state index contributed by atoms with van der Waals surface area (Å²) in [6.07, 6.45) is 5.23. The molecule has 100 valence electrons. The number of anilines is 1. The number of carbonyl (C=O) groups excluding carboxylic acids is 1. The Labute approximate surface area is 109 Å². The van der Waals surface area contributed by atoms with Gasteiger partial charge in [0.15, 0.2) is 0 Å². The summed E-state index contributed by atoms with van der Waals surface area (Å²) in [4.78, 5) is 14.2. The normalized spacial score (nSPS) is 15.1. The summed E-state index contributed by atoms with van der Waals surface area (Å²) in [5.41, 5.74) is 7.23. The van der Waals surface area contributed by atoms with E-state index in [9.17, 15) is 4.79 Å². The van der Waals surface area contributed by atoms with Crippen molar-refractivity contribution in [1.29, 1.82) is 0 Å². The average molecular weight is 249 g/mol. The Hall–Kier alpha value is -1.45. The molecule has 1 fully saturated rings. The second-order valence-electron chi connectivity index (χ2n) is 5.71. The number of nitrogens with zero attached hydrogens (tertiary/aromatic N) is 2. The van der Waals surface area contributed by atoms with Gasteiger partial charge in [-0.2, -0.15) is 0 Å². The minimum Gasteiger partial charge on any atom is -0.397 e. The van der Waals surface area contributed by atoms with E-state index in [0.29, 0.717) is 17.6 Å². The van der Waals surface area contributed by atoms with E-state index in [4.69, 9.17) is 5.73 Å². The maximum Gasteiger partial charge on any atom is 0.270 e. The van der Waals surface area contributed by atoms with Gasteiger partial charge in [-0.25, -0.2) is 0 Å². The standard InChI is InChI=1S/C14H23N3O/c1-10(2)6-7-16(3)14(18)13-8-11(15)9-17(13)12-4-5-12/h8-10,12H,4-7,15H2,1-3H3. The molecule has 0 spiro atoms. The van der Waals surface area contributed by atoms with Crippen LogP contribution in [0.2, 0.25) is 0 Å². The zero-order chi connectivity index (χ0) is 13.3. The van der Waals surface area contributed by atoms with Crippen LogP contribution in [0.1, 0.15) is 49.6 Å². The Bertz CT molecular complexity index is 432. The Morgan fingerprint density at radius 2 is 2.22 bits per heavy atom. The third kappa shape index (κ3) is 2.86. The van der Waals surface area contributed by atoms with Crippen LogP contribution in [0.15, 0.2) is 12.3 Å². The summed E-state index contributed by atoms with van der Waals surface area (Å²) in [7, 11) is 1.87. The van der Waals surface area contributed by atoms with Gasteiger partial charge in [0.2, 0.25) is 0 Å². The largest absolute Gasteiger partial charge is 0.397 e. The zero-order valence-corrected chi connectivity index (χ0v) is 11.5. The highest BCUT2D eigenvalue weighted by Gasteiger charge is 2.28. The molecular formula is C14H23N3O. The molecule has 0 aromatic carbocycles. The van der Waals surface area contributed by atoms with Crippen molar-refractivity contribution >= 4 is 11.6 Å². The van der Waals surface area contributed by atoms with Gasteiger partial charge in [-0.15, -0.1) is 0 Å². The molecule has 1 aliphatic rings. The molecule has 1 aliphatic carbocycles. The first-order chi connectivity index (χ1) is 8.49. The summed E-state index contributed by atoms with van der Waals surface area (Å²) >= 11 is 0. The molecule has 0 unspecified atom stereocenters. The monoisotopic (exact) mass is 249 g/mol. The van der Waals surface area contributed by atoms with Crippen LogP contribution in [0.5, 0.6) is 0 Å². The smallest absolute Gasteiger partial charge is 0.270 e. The third-order valence-electron chi connectivity index (χ3n) is 3.42. The quantitative estimate of drug-likeness (QED) is 0.871. The van der Waals surface area contributed by atoms with Crippen LogP contribution >= 0.6 is 0 Å². The lowest BCUT2D eigenvalue weighted by Gasteiger charge is -2.19. The second-order valence-corrected chi connectivity index (χ2v) is 5.71. The number of rotatable bonds is 5. The minimum atomic E-state index is 0.0826. The van der Waals surface area contributed by atoms with Gasteiger partial charge in [0.05, 0.1) is 5.69 Å². The lowest BCUT2D eigenvalue weighted by molar-refractivity contribution is 0.0778. The molecule has 0 radical (unpaired) electrons. The number of hydrogen-bond donors (Lipinski definition) is 1. The number of hydrogen-bond acceptors (Lipinski definition) is 2. The first kappa shape index (κ1) is 13.0. The molecule has 1 amide bonds. The molecule has 2 N–H and O–H groups in total. The highest BCUT2D eigenvalue weighted by molar-refractivity contribution is 5.93. The van der Waals surface area contributed by atoms with Gasteiger partial charge in [-0.1, -0.05) is 13.8 Å². The van der Waals surface area contributed by atoms with Crippen LogP contribution in [0.3, 0.4) is 0 Å². The number of nitrogen functional groups attached to an aromatic ring is 1. The summed E-state index contributed by atoms with van der Waals surface area (Å²) in [5, 5.41) is 0. The summed E-state index contributed by atoms with van der Waals surface area (Å²) in [5.74, 6) is 0.694. The summed E-state index contributed by atoms with van der Waals surface area (Å²) in [6, 6.07) is 2.28. The van der Waals surface area contributed by atoms with E-state index in [1.54, 1.807) is 11.0 Å². The average Bonchev–Trinajstić information content (AvgIpc) is 3.08. The summed E-state index contributed by atoms with van der Waals surface area (Å²) in [6.45, 7) is 5.14. The Balaban J connectivity index is 2.07. The molecule has 1 aromatic heterocycles. The number of amides is 1. The topological polar surface area (TPSA) is 51.3 Å². The molecule has 2 rings (SSSR count). The van der Waals surface area contributed by atoms with E-state index < -0.39 is 0 Å². The van der Waals surface area contributed by atoms with Crippen molar-refractivity contribution in [3.63, 3.8) is 0 Å². The molecule has 0 aliphatic heterocycles. The molecule has 1 aromatic rings. The van der Waals surface area contributed by atoms with E-state index in [-0.39, 0.29) is 5.91 Å². The van der Waals surface area contributed by atoms with Crippen LogP contribution in [0, 0.1) is 5.92 Å². The van der Waals surface area contributed by atoms with Crippen molar-refractivity contribution in [1.82, 2.24) is 9.47 Å². The molecule has 0 atom stereocenters. The van der Waals surface area contributed by atoms with Crippen LogP contribution in [-0.4, -0.2) is 29.0 Å². The SMILES string of the molecule is CC(C)CCN(C)C(=O)c1cc(N)cn1C1CC1. The van der Waals surface area contributed by atoms with Gasteiger partial charge < -0.3 is 15.2 Å². The van der Waals surface area contributed by atoms with Gasteiger partial charge in [0.1, 0.15) is 5.69 Å². The Morgan fingerprint density at radius 1 is 1.56 bits per heavy atom. The highest BCUT2D eigenvalue weighted by Crippen LogP contribution is 2.37. The fraction of sp³-hybridized carbons (Fsp3) is 0.643. The van der Waals surface area contributed by atoms with Crippen molar-refractivity contribution in [2.75, 3.05) is 19.3 Å². The van der Waals surface area contributed by atoms with Crippen LogP contribution in [0.25, 0.3) is 0 Å². The first-order valence-electron chi connectivity index (χ1n) is 6.72. The maximum atomic E-state index is 12.4. The number of carbonyl (C=O) groups is 1. The predicted octanol–water partition coefficient (Wildman–Crippen LogP) is 2.52. The molecule has 1 saturated carbocycles. The van der Waals surface area contributed by atoms with Crippen molar-refractivity contribution in [3.05, 3.63) is 18.0 Å². The number of aromatic nitrogens is 1. The van der Waals surface area contributed by atoms with Gasteiger partial charge in [-0.3, -0.25) is 4.79 Å². The summed E-state index contributed by atoms with van der Waals surface area (Å²) < 4.78 is 2.05. The third-order valence-corrected chi connectivity index (χ3v) is 3.42. The van der Waals surface area contributed by atoms with Gasteiger partial charge in [-0.05, 0) is 31.2 Å². The van der Waals surface area contributed by atoms with Crippen molar-refractivity contribution in [3.8, 4) is 0 Å². The van der Waals surface area contributed by atoms with Crippen molar-refractivity contribution in [2.24, 2.45) is 5.92 Å². The first-order valence-corrected chi connectivity index (χ1v) is 6.72. The lowest BCUT2D eigenvalue weighted by Crippen LogP contribution is -2.30. The van der Waals surface area contributed by atoms with E-state index in [1.165, 1.54) is 0 Å². The number of nitrogens with two attached hydrogens (primary N) is 1. The van der Waals surface area contributed by atoms with Crippen molar-refractivity contribution in [2.45, 2.75) is 39.2 Å². The van der Waals surface area contributed by atoms with E-state index in [0.717, 1.165) is 31.5 Å². The Kier molecular flexibility index (Phi) is 3.64. The predicted molar refractivity (Wildman–Crippen MR) is 73.5 cm³/mol. The highest BCUT2D eigenvalue weighted by atomic mass is 16.2. The van der Waals surface area contributed by atoms with Gasteiger partial charge >= 0.3 is 0 Å². The van der Waals surface area contributed by atoms with Gasteiger partial charge in [0.25, 0.3) is 5.91 Å². The van der Waals surface area contributed by atoms with E-state index >= 15 is 0 Å². The zero-order valence-electron chi connectivity index (χ0n) is 11.5. The second kappa shape index (κ2) is 5.04. The molecule has 1 heterocycles. The maximum absolute atomic E-state index is 12.4. The fourth-order valence-corrected chi connectivity index (χ4v) is 2.08. The lowest BCUT2D eigenvalue weighted by atomic mass is 10.1. The fourth-order valence-electron chi connectivity index (χ4n) is 2.08. The molecular weight excluding hydrogens is 226 g/mol. The molecule has 0 bridgehead atoms. The van der Waals surface area contributed by atoms with Crippen molar-refractivity contribution < 1.29 is 4.79 Å². The van der Waals surface area contributed by atoms with Crippen LogP contribution in [0.4, 0.5) is 5.69 Å². The molecule has 4 heteroatoms. The molecule has 4 nitrogen and oxygen atoms in total. The Morgan fingerprint density at radius 3 is 2.78 bits per heavy atom. The van der Waals surface area contributed by atoms with E-state index in [1.807, 2.05) is 17.8 Å². The molecule has 18 heavy (non-hydrogen) atoms. The van der Waals surface area contributed by atoms with Crippen LogP contribution in [-0.2, 0) is 0 Å². The molecule has 0 saturated heterocycles. The van der Waals surface area contributed by atoms with Crippen LogP contribution < -0.4 is 5.73 Å². The minimum absolute atomic E-state index is 0.0826. The van der Waals surface area contributed by atoms with Gasteiger partial charge in [0, 0.05) is 25.8 Å². The van der Waals surface area contributed by atoms with E-state index in [2.05, 4.69) is 13.8 Å².